The quantitative estimate of drug-likeness (QED) is 0.671. The van der Waals surface area contributed by atoms with Gasteiger partial charge in [0.2, 0.25) is 0 Å². The van der Waals surface area contributed by atoms with E-state index in [0.717, 1.165) is 18.3 Å². The van der Waals surface area contributed by atoms with Gasteiger partial charge in [-0.2, -0.15) is 0 Å². The highest BCUT2D eigenvalue weighted by Gasteiger charge is 2.53. The van der Waals surface area contributed by atoms with Crippen LogP contribution in [0, 0.1) is 17.3 Å². The summed E-state index contributed by atoms with van der Waals surface area (Å²) in [5.74, 6) is 1.59. The van der Waals surface area contributed by atoms with Gasteiger partial charge in [-0.3, -0.25) is 0 Å². The lowest BCUT2D eigenvalue weighted by atomic mass is 9.68. The Bertz CT molecular complexity index is 243. The van der Waals surface area contributed by atoms with Crippen LogP contribution in [0.1, 0.15) is 64.7 Å². The van der Waals surface area contributed by atoms with Crippen LogP contribution in [-0.2, 0) is 0 Å². The van der Waals surface area contributed by atoms with Crippen LogP contribution < -0.4 is 5.73 Å². The van der Waals surface area contributed by atoms with E-state index >= 15 is 0 Å². The number of aliphatic hydroxyl groups excluding tert-OH is 1. The first kappa shape index (κ1) is 13.4. The normalized spacial score (nSPS) is 37.6. The number of unbranched alkanes of at least 4 members (excludes halogenated alkanes) is 3. The van der Waals surface area contributed by atoms with E-state index in [9.17, 15) is 5.11 Å². The summed E-state index contributed by atoms with van der Waals surface area (Å²) in [6, 6.07) is 0. The Morgan fingerprint density at radius 1 is 1.29 bits per heavy atom. The number of aliphatic hydroxyl groups is 1. The molecule has 2 saturated carbocycles. The lowest BCUT2D eigenvalue weighted by molar-refractivity contribution is -0.0174. The number of hydrogen-bond acceptors (Lipinski definition) is 2. The standard InChI is InChI=1S/C15H29NO/c1-2-3-4-5-6-14(17)15(11-16)10-12-7-8-13(15)9-12/h12-14,17H,2-11,16H2,1H3. The summed E-state index contributed by atoms with van der Waals surface area (Å²) in [4.78, 5) is 0. The highest BCUT2D eigenvalue weighted by molar-refractivity contribution is 5.04. The SMILES string of the molecule is CCCCCCC(O)C1(CN)CC2CCC1C2. The molecule has 0 saturated heterocycles. The number of nitrogens with two attached hydrogens (primary N) is 1. The zero-order valence-corrected chi connectivity index (χ0v) is 11.3. The van der Waals surface area contributed by atoms with E-state index in [-0.39, 0.29) is 11.5 Å². The van der Waals surface area contributed by atoms with Gasteiger partial charge in [0.05, 0.1) is 6.10 Å². The van der Waals surface area contributed by atoms with Crippen molar-refractivity contribution < 1.29 is 5.11 Å². The summed E-state index contributed by atoms with van der Waals surface area (Å²) in [6.45, 7) is 2.93. The van der Waals surface area contributed by atoms with Crippen molar-refractivity contribution in [3.8, 4) is 0 Å². The first-order valence-electron chi connectivity index (χ1n) is 7.61. The fourth-order valence-corrected chi connectivity index (χ4v) is 4.33. The Kier molecular flexibility index (Phi) is 4.48. The van der Waals surface area contributed by atoms with Crippen molar-refractivity contribution in [1.29, 1.82) is 0 Å². The molecule has 3 N–H and O–H groups in total. The number of fused-ring (bicyclic) bond motifs is 2. The molecule has 0 spiro atoms. The third-order valence-electron chi connectivity index (χ3n) is 5.40. The van der Waals surface area contributed by atoms with Crippen LogP contribution >= 0.6 is 0 Å². The zero-order chi connectivity index (χ0) is 12.3. The third kappa shape index (κ3) is 2.53. The van der Waals surface area contributed by atoms with E-state index in [1.165, 1.54) is 51.4 Å². The molecule has 0 radical (unpaired) electrons. The Morgan fingerprint density at radius 3 is 2.65 bits per heavy atom. The maximum Gasteiger partial charge on any atom is 0.0611 e. The molecule has 17 heavy (non-hydrogen) atoms. The second-order valence-electron chi connectivity index (χ2n) is 6.38. The smallest absolute Gasteiger partial charge is 0.0611 e. The minimum Gasteiger partial charge on any atom is -0.392 e. The Hall–Kier alpha value is -0.0800. The van der Waals surface area contributed by atoms with Crippen molar-refractivity contribution in [3.05, 3.63) is 0 Å². The number of rotatable bonds is 7. The molecule has 0 amide bonds. The molecule has 2 heteroatoms. The Morgan fingerprint density at radius 2 is 2.12 bits per heavy atom. The fraction of sp³-hybridized carbons (Fsp3) is 1.00. The van der Waals surface area contributed by atoms with E-state index in [0.29, 0.717) is 6.54 Å². The van der Waals surface area contributed by atoms with Gasteiger partial charge < -0.3 is 10.8 Å². The second kappa shape index (κ2) is 5.71. The van der Waals surface area contributed by atoms with Crippen molar-refractivity contribution in [1.82, 2.24) is 0 Å². The molecule has 4 atom stereocenters. The summed E-state index contributed by atoms with van der Waals surface area (Å²) >= 11 is 0. The summed E-state index contributed by atoms with van der Waals surface area (Å²) in [5, 5.41) is 10.5. The van der Waals surface area contributed by atoms with Crippen molar-refractivity contribution in [2.24, 2.45) is 23.0 Å². The predicted octanol–water partition coefficient (Wildman–Crippen LogP) is 3.08. The Labute approximate surface area is 106 Å². The monoisotopic (exact) mass is 239 g/mol. The van der Waals surface area contributed by atoms with Gasteiger partial charge >= 0.3 is 0 Å². The van der Waals surface area contributed by atoms with Crippen LogP contribution in [0.5, 0.6) is 0 Å². The molecule has 0 aromatic rings. The summed E-state index contributed by atoms with van der Waals surface area (Å²) < 4.78 is 0. The minimum absolute atomic E-state index is 0.0924. The van der Waals surface area contributed by atoms with Crippen LogP contribution in [0.25, 0.3) is 0 Å². The predicted molar refractivity (Wildman–Crippen MR) is 71.7 cm³/mol. The number of hydrogen-bond donors (Lipinski definition) is 2. The molecular formula is C15H29NO. The molecule has 0 aromatic heterocycles. The lowest BCUT2D eigenvalue weighted by Crippen LogP contribution is -2.45. The molecule has 2 aliphatic rings. The molecule has 0 heterocycles. The van der Waals surface area contributed by atoms with Gasteiger partial charge in [-0.15, -0.1) is 0 Å². The van der Waals surface area contributed by atoms with E-state index in [1.54, 1.807) is 0 Å². The molecule has 2 rings (SSSR count). The molecule has 2 fully saturated rings. The first-order chi connectivity index (χ1) is 8.23. The Balaban J connectivity index is 1.85. The molecule has 2 nitrogen and oxygen atoms in total. The molecule has 2 bridgehead atoms. The van der Waals surface area contributed by atoms with Crippen LogP contribution in [0.2, 0.25) is 0 Å². The van der Waals surface area contributed by atoms with Crippen molar-refractivity contribution in [3.63, 3.8) is 0 Å². The van der Waals surface area contributed by atoms with E-state index in [4.69, 9.17) is 5.73 Å². The average Bonchev–Trinajstić information content (AvgIpc) is 2.94. The molecule has 2 aliphatic carbocycles. The van der Waals surface area contributed by atoms with Gasteiger partial charge in [0, 0.05) is 12.0 Å². The van der Waals surface area contributed by atoms with Crippen molar-refractivity contribution in [2.45, 2.75) is 70.8 Å². The van der Waals surface area contributed by atoms with E-state index in [2.05, 4.69) is 6.92 Å². The van der Waals surface area contributed by atoms with Gasteiger partial charge in [0.1, 0.15) is 0 Å². The van der Waals surface area contributed by atoms with Crippen molar-refractivity contribution >= 4 is 0 Å². The van der Waals surface area contributed by atoms with Crippen LogP contribution in [0.4, 0.5) is 0 Å². The highest BCUT2D eigenvalue weighted by atomic mass is 16.3. The molecule has 4 unspecified atom stereocenters. The minimum atomic E-state index is -0.139. The van der Waals surface area contributed by atoms with Gasteiger partial charge in [-0.1, -0.05) is 39.0 Å². The van der Waals surface area contributed by atoms with E-state index in [1.807, 2.05) is 0 Å². The maximum absolute atomic E-state index is 10.5. The van der Waals surface area contributed by atoms with Gasteiger partial charge in [0.15, 0.2) is 0 Å². The summed E-state index contributed by atoms with van der Waals surface area (Å²) in [7, 11) is 0. The van der Waals surface area contributed by atoms with Gasteiger partial charge in [-0.05, 0) is 37.5 Å². The van der Waals surface area contributed by atoms with Crippen LogP contribution in [0.15, 0.2) is 0 Å². The van der Waals surface area contributed by atoms with Crippen LogP contribution in [-0.4, -0.2) is 17.8 Å². The molecule has 100 valence electrons. The van der Waals surface area contributed by atoms with E-state index < -0.39 is 0 Å². The molecule has 0 aromatic carbocycles. The van der Waals surface area contributed by atoms with Gasteiger partial charge in [0.25, 0.3) is 0 Å². The largest absolute Gasteiger partial charge is 0.392 e. The second-order valence-corrected chi connectivity index (χ2v) is 6.38. The highest BCUT2D eigenvalue weighted by Crippen LogP contribution is 2.57. The molecular weight excluding hydrogens is 210 g/mol. The lowest BCUT2D eigenvalue weighted by Gasteiger charge is -2.41. The zero-order valence-electron chi connectivity index (χ0n) is 11.3. The summed E-state index contributed by atoms with van der Waals surface area (Å²) in [5.41, 5.74) is 6.12. The maximum atomic E-state index is 10.5. The van der Waals surface area contributed by atoms with Crippen molar-refractivity contribution in [2.75, 3.05) is 6.54 Å². The van der Waals surface area contributed by atoms with Gasteiger partial charge in [-0.25, -0.2) is 0 Å². The topological polar surface area (TPSA) is 46.2 Å². The summed E-state index contributed by atoms with van der Waals surface area (Å²) in [6.07, 6.45) is 11.1. The first-order valence-corrected chi connectivity index (χ1v) is 7.61. The fourth-order valence-electron chi connectivity index (χ4n) is 4.33. The molecule has 0 aliphatic heterocycles. The van der Waals surface area contributed by atoms with Crippen LogP contribution in [0.3, 0.4) is 0 Å². The third-order valence-corrected chi connectivity index (χ3v) is 5.40. The average molecular weight is 239 g/mol.